The first kappa shape index (κ1) is 14.0. The molecule has 2 rings (SSSR count). The number of thiazole rings is 1. The van der Waals surface area contributed by atoms with Crippen LogP contribution in [0.1, 0.15) is 28.0 Å². The maximum Gasteiger partial charge on any atom is 0.328 e. The summed E-state index contributed by atoms with van der Waals surface area (Å²) in [4.78, 5) is 29.5. The summed E-state index contributed by atoms with van der Waals surface area (Å²) in [5.74, 6) is -1.30. The van der Waals surface area contributed by atoms with Gasteiger partial charge in [0.25, 0.3) is 5.91 Å². The largest absolute Gasteiger partial charge is 0.480 e. The third-order valence-corrected chi connectivity index (χ3v) is 3.95. The molecule has 0 aliphatic carbocycles. The maximum absolute atomic E-state index is 12.3. The number of aromatic nitrogens is 1. The summed E-state index contributed by atoms with van der Waals surface area (Å²) >= 11 is 1.34. The number of carbonyl (C=O) groups excluding carboxylic acids is 1. The molecule has 0 saturated carbocycles. The van der Waals surface area contributed by atoms with E-state index in [9.17, 15) is 9.59 Å². The Labute approximate surface area is 115 Å². The molecule has 0 aromatic carbocycles. The van der Waals surface area contributed by atoms with Crippen molar-refractivity contribution in [2.75, 3.05) is 19.8 Å². The van der Waals surface area contributed by atoms with Gasteiger partial charge in [0.05, 0.1) is 24.4 Å². The highest BCUT2D eigenvalue weighted by molar-refractivity contribution is 7.13. The van der Waals surface area contributed by atoms with E-state index in [1.54, 1.807) is 0 Å². The van der Waals surface area contributed by atoms with Crippen LogP contribution >= 0.6 is 11.3 Å². The molecule has 1 fully saturated rings. The second-order valence-corrected chi connectivity index (χ2v) is 5.41. The number of amides is 1. The second-order valence-electron chi connectivity index (χ2n) is 4.30. The van der Waals surface area contributed by atoms with Crippen molar-refractivity contribution in [1.29, 1.82) is 0 Å². The Balaban J connectivity index is 2.14. The van der Waals surface area contributed by atoms with Crippen molar-refractivity contribution in [1.82, 2.24) is 9.88 Å². The third kappa shape index (κ3) is 3.10. The molecule has 1 aliphatic rings. The standard InChI is InChI=1S/C12H16N2O4S/c1-2-3-10-13-6-9(19-10)11(15)14-4-5-18-7-8(14)12(16)17/h6,8H,2-5,7H2,1H3,(H,16,17)/t8-/m1/s1. The van der Waals surface area contributed by atoms with E-state index < -0.39 is 12.0 Å². The fourth-order valence-corrected chi connectivity index (χ4v) is 2.91. The maximum atomic E-state index is 12.3. The number of carbonyl (C=O) groups is 2. The van der Waals surface area contributed by atoms with Crippen molar-refractivity contribution in [2.45, 2.75) is 25.8 Å². The number of carboxylic acid groups (broad SMARTS) is 1. The summed E-state index contributed by atoms with van der Waals surface area (Å²) in [5, 5.41) is 10.0. The molecule has 19 heavy (non-hydrogen) atoms. The van der Waals surface area contributed by atoms with E-state index in [2.05, 4.69) is 4.98 Å². The van der Waals surface area contributed by atoms with Crippen LogP contribution in [0.5, 0.6) is 0 Å². The van der Waals surface area contributed by atoms with Gasteiger partial charge in [-0.2, -0.15) is 0 Å². The number of aryl methyl sites for hydroxylation is 1. The second kappa shape index (κ2) is 6.12. The predicted octanol–water partition coefficient (Wildman–Crippen LogP) is 1.02. The Bertz CT molecular complexity index is 474. The van der Waals surface area contributed by atoms with Crippen molar-refractivity contribution in [3.63, 3.8) is 0 Å². The molecule has 1 aromatic rings. The topological polar surface area (TPSA) is 79.7 Å². The molecular weight excluding hydrogens is 268 g/mol. The quantitative estimate of drug-likeness (QED) is 0.893. The lowest BCUT2D eigenvalue weighted by Gasteiger charge is -2.32. The van der Waals surface area contributed by atoms with E-state index in [0.717, 1.165) is 17.8 Å². The predicted molar refractivity (Wildman–Crippen MR) is 69.4 cm³/mol. The van der Waals surface area contributed by atoms with Gasteiger partial charge in [0, 0.05) is 6.54 Å². The van der Waals surface area contributed by atoms with Gasteiger partial charge in [-0.25, -0.2) is 9.78 Å². The fourth-order valence-electron chi connectivity index (χ4n) is 1.93. The van der Waals surface area contributed by atoms with Crippen LogP contribution in [0.15, 0.2) is 6.20 Å². The molecule has 104 valence electrons. The number of aliphatic carboxylic acids is 1. The summed E-state index contributed by atoms with van der Waals surface area (Å²) in [6, 6.07) is -0.905. The summed E-state index contributed by atoms with van der Waals surface area (Å²) in [6.07, 6.45) is 3.34. The average molecular weight is 284 g/mol. The first-order chi connectivity index (χ1) is 9.13. The minimum Gasteiger partial charge on any atom is -0.480 e. The van der Waals surface area contributed by atoms with Gasteiger partial charge in [0.2, 0.25) is 0 Å². The van der Waals surface area contributed by atoms with Crippen molar-refractivity contribution in [3.05, 3.63) is 16.1 Å². The highest BCUT2D eigenvalue weighted by atomic mass is 32.1. The van der Waals surface area contributed by atoms with Crippen molar-refractivity contribution in [3.8, 4) is 0 Å². The molecule has 1 amide bonds. The van der Waals surface area contributed by atoms with Crippen molar-refractivity contribution < 1.29 is 19.4 Å². The van der Waals surface area contributed by atoms with Crippen molar-refractivity contribution >= 4 is 23.2 Å². The lowest BCUT2D eigenvalue weighted by Crippen LogP contribution is -2.52. The molecule has 0 radical (unpaired) electrons. The molecule has 1 N–H and O–H groups in total. The third-order valence-electron chi connectivity index (χ3n) is 2.90. The van der Waals surface area contributed by atoms with E-state index in [-0.39, 0.29) is 12.5 Å². The zero-order valence-corrected chi connectivity index (χ0v) is 11.5. The van der Waals surface area contributed by atoms with Gasteiger partial charge in [-0.05, 0) is 12.8 Å². The zero-order chi connectivity index (χ0) is 13.8. The Morgan fingerprint density at radius 3 is 3.11 bits per heavy atom. The number of morpholine rings is 1. The van der Waals surface area contributed by atoms with Crippen LogP contribution in [-0.2, 0) is 16.0 Å². The summed E-state index contributed by atoms with van der Waals surface area (Å²) in [5.41, 5.74) is 0. The molecule has 0 unspecified atom stereocenters. The number of rotatable bonds is 4. The van der Waals surface area contributed by atoms with E-state index in [1.807, 2.05) is 6.92 Å². The molecule has 2 heterocycles. The monoisotopic (exact) mass is 284 g/mol. The Morgan fingerprint density at radius 2 is 2.42 bits per heavy atom. The summed E-state index contributed by atoms with van der Waals surface area (Å²) in [7, 11) is 0. The number of ether oxygens (including phenoxy) is 1. The van der Waals surface area contributed by atoms with Gasteiger partial charge in [0.1, 0.15) is 4.88 Å². The van der Waals surface area contributed by atoms with E-state index in [1.165, 1.54) is 22.4 Å². The van der Waals surface area contributed by atoms with Crippen LogP contribution in [0.4, 0.5) is 0 Å². The minimum absolute atomic E-state index is 0.0433. The Kier molecular flexibility index (Phi) is 4.49. The number of carboxylic acids is 1. The number of nitrogens with zero attached hydrogens (tertiary/aromatic N) is 2. The minimum atomic E-state index is -1.04. The zero-order valence-electron chi connectivity index (χ0n) is 10.7. The van der Waals surface area contributed by atoms with Crippen LogP contribution in [0.3, 0.4) is 0 Å². The molecule has 7 heteroatoms. The first-order valence-corrected chi connectivity index (χ1v) is 7.01. The normalized spacial score (nSPS) is 19.4. The van der Waals surface area contributed by atoms with E-state index in [0.29, 0.717) is 18.0 Å². The van der Waals surface area contributed by atoms with Gasteiger partial charge >= 0.3 is 5.97 Å². The summed E-state index contributed by atoms with van der Waals surface area (Å²) in [6.45, 7) is 2.76. The molecule has 0 spiro atoms. The molecular formula is C12H16N2O4S. The molecule has 0 bridgehead atoms. The SMILES string of the molecule is CCCc1ncc(C(=O)N2CCOC[C@@H]2C(=O)O)s1. The first-order valence-electron chi connectivity index (χ1n) is 6.19. The van der Waals surface area contributed by atoms with Crippen LogP contribution in [0.25, 0.3) is 0 Å². The van der Waals surface area contributed by atoms with Gasteiger partial charge in [-0.15, -0.1) is 11.3 Å². The van der Waals surface area contributed by atoms with Crippen LogP contribution in [-0.4, -0.2) is 52.7 Å². The van der Waals surface area contributed by atoms with Gasteiger partial charge in [-0.3, -0.25) is 4.79 Å². The number of hydrogen-bond donors (Lipinski definition) is 1. The lowest BCUT2D eigenvalue weighted by molar-refractivity contribution is -0.147. The Morgan fingerprint density at radius 1 is 1.63 bits per heavy atom. The molecule has 1 aliphatic heterocycles. The van der Waals surface area contributed by atoms with Gasteiger partial charge < -0.3 is 14.7 Å². The fraction of sp³-hybridized carbons (Fsp3) is 0.583. The average Bonchev–Trinajstić information content (AvgIpc) is 2.87. The van der Waals surface area contributed by atoms with Crippen LogP contribution < -0.4 is 0 Å². The molecule has 1 aromatic heterocycles. The highest BCUT2D eigenvalue weighted by Gasteiger charge is 2.33. The summed E-state index contributed by atoms with van der Waals surface area (Å²) < 4.78 is 5.12. The van der Waals surface area contributed by atoms with Crippen LogP contribution in [0.2, 0.25) is 0 Å². The smallest absolute Gasteiger partial charge is 0.328 e. The Hall–Kier alpha value is -1.47. The number of hydrogen-bond acceptors (Lipinski definition) is 5. The van der Waals surface area contributed by atoms with Crippen molar-refractivity contribution in [2.24, 2.45) is 0 Å². The molecule has 6 nitrogen and oxygen atoms in total. The lowest BCUT2D eigenvalue weighted by atomic mass is 10.2. The molecule has 1 atom stereocenters. The van der Waals surface area contributed by atoms with E-state index in [4.69, 9.17) is 9.84 Å². The van der Waals surface area contributed by atoms with Gasteiger partial charge in [-0.1, -0.05) is 6.92 Å². The van der Waals surface area contributed by atoms with Gasteiger partial charge in [0.15, 0.2) is 6.04 Å². The molecule has 1 saturated heterocycles. The highest BCUT2D eigenvalue weighted by Crippen LogP contribution is 2.19. The van der Waals surface area contributed by atoms with E-state index >= 15 is 0 Å². The van der Waals surface area contributed by atoms with Crippen LogP contribution in [0, 0.1) is 0 Å².